The molecule has 3 aromatic carbocycles. The van der Waals surface area contributed by atoms with Crippen molar-refractivity contribution in [2.45, 2.75) is 25.3 Å². The third-order valence-electron chi connectivity index (χ3n) is 5.79. The predicted octanol–water partition coefficient (Wildman–Crippen LogP) is 5.05. The van der Waals surface area contributed by atoms with Crippen LogP contribution in [0, 0.1) is 5.82 Å². The Balaban J connectivity index is 1.69. The van der Waals surface area contributed by atoms with Gasteiger partial charge in [0.05, 0.1) is 6.04 Å². The van der Waals surface area contributed by atoms with Gasteiger partial charge in [0, 0.05) is 23.6 Å². The van der Waals surface area contributed by atoms with Gasteiger partial charge in [-0.25, -0.2) is 9.18 Å². The normalized spacial score (nSPS) is 15.1. The lowest BCUT2D eigenvalue weighted by atomic mass is 9.87. The number of carboxylic acids is 1. The number of aliphatic carboxylic acids is 1. The summed E-state index contributed by atoms with van der Waals surface area (Å²) in [4.78, 5) is 26.2. The minimum atomic E-state index is -1.14. The molecular weight excluding hydrogens is 445 g/mol. The second-order valence-corrected chi connectivity index (χ2v) is 8.30. The van der Waals surface area contributed by atoms with Gasteiger partial charge in [-0.05, 0) is 53.8 Å². The molecule has 0 radical (unpaired) electrons. The Kier molecular flexibility index (Phi) is 6.94. The zero-order valence-corrected chi connectivity index (χ0v) is 18.6. The number of amides is 1. The Hall–Kier alpha value is -3.38. The minimum Gasteiger partial charge on any atom is -0.482 e. The highest BCUT2D eigenvalue weighted by atomic mass is 35.5. The fraction of sp³-hybridized carbons (Fsp3) is 0.231. The van der Waals surface area contributed by atoms with Crippen LogP contribution in [0.25, 0.3) is 0 Å². The molecule has 0 bridgehead atoms. The number of rotatable bonds is 7. The summed E-state index contributed by atoms with van der Waals surface area (Å²) in [6, 6.07) is 18.5. The van der Waals surface area contributed by atoms with E-state index in [1.165, 1.54) is 18.2 Å². The van der Waals surface area contributed by atoms with E-state index in [4.69, 9.17) is 21.4 Å². The maximum Gasteiger partial charge on any atom is 0.341 e. The molecule has 1 aliphatic heterocycles. The number of carbonyl (C=O) groups is 2. The van der Waals surface area contributed by atoms with Crippen LogP contribution < -0.4 is 4.74 Å². The van der Waals surface area contributed by atoms with Crippen LogP contribution in [-0.2, 0) is 22.4 Å². The summed E-state index contributed by atoms with van der Waals surface area (Å²) < 4.78 is 19.8. The van der Waals surface area contributed by atoms with Crippen LogP contribution in [0.2, 0.25) is 5.02 Å². The van der Waals surface area contributed by atoms with Gasteiger partial charge in [0.2, 0.25) is 5.91 Å². The molecule has 1 N–H and O–H groups in total. The molecule has 0 fully saturated rings. The number of fused-ring (bicyclic) bond motifs is 1. The van der Waals surface area contributed by atoms with Gasteiger partial charge in [-0.3, -0.25) is 4.79 Å². The number of hydrogen-bond donors (Lipinski definition) is 1. The second kappa shape index (κ2) is 10.0. The van der Waals surface area contributed by atoms with Crippen molar-refractivity contribution in [3.05, 3.63) is 99.8 Å². The maximum atomic E-state index is 14.3. The molecule has 1 unspecified atom stereocenters. The Bertz CT molecular complexity index is 1180. The molecule has 3 aromatic rings. The third-order valence-corrected chi connectivity index (χ3v) is 6.16. The zero-order valence-electron chi connectivity index (χ0n) is 17.8. The van der Waals surface area contributed by atoms with Crippen LogP contribution in [0.3, 0.4) is 0 Å². The van der Waals surface area contributed by atoms with E-state index in [1.54, 1.807) is 11.0 Å². The highest BCUT2D eigenvalue weighted by Gasteiger charge is 2.34. The summed E-state index contributed by atoms with van der Waals surface area (Å²) in [7, 11) is 0. The van der Waals surface area contributed by atoms with E-state index >= 15 is 0 Å². The molecule has 0 saturated carbocycles. The van der Waals surface area contributed by atoms with Gasteiger partial charge < -0.3 is 14.7 Å². The zero-order chi connectivity index (χ0) is 23.4. The molecule has 5 nitrogen and oxygen atoms in total. The van der Waals surface area contributed by atoms with Crippen molar-refractivity contribution in [1.29, 1.82) is 0 Å². The predicted molar refractivity (Wildman–Crippen MR) is 123 cm³/mol. The second-order valence-electron chi connectivity index (χ2n) is 7.89. The van der Waals surface area contributed by atoms with E-state index in [1.807, 2.05) is 42.5 Å². The molecule has 1 aliphatic rings. The summed E-state index contributed by atoms with van der Waals surface area (Å²) in [5.74, 6) is -1.48. The summed E-state index contributed by atoms with van der Waals surface area (Å²) in [6.45, 7) is -0.106. The molecule has 4 rings (SSSR count). The smallest absolute Gasteiger partial charge is 0.341 e. The number of aryl methyl sites for hydroxylation is 1. The fourth-order valence-electron chi connectivity index (χ4n) is 4.26. The van der Waals surface area contributed by atoms with Crippen molar-refractivity contribution in [3.63, 3.8) is 0 Å². The van der Waals surface area contributed by atoms with Crippen molar-refractivity contribution >= 4 is 23.5 Å². The van der Waals surface area contributed by atoms with Crippen molar-refractivity contribution in [3.8, 4) is 5.75 Å². The Morgan fingerprint density at radius 2 is 1.82 bits per heavy atom. The number of nitrogens with zero attached hydrogens (tertiary/aromatic N) is 1. The van der Waals surface area contributed by atoms with E-state index in [-0.39, 0.29) is 18.1 Å². The average molecular weight is 468 g/mol. The third kappa shape index (κ3) is 5.17. The van der Waals surface area contributed by atoms with Crippen LogP contribution >= 0.6 is 11.6 Å². The van der Waals surface area contributed by atoms with Crippen molar-refractivity contribution in [2.75, 3.05) is 13.2 Å². The molecule has 33 heavy (non-hydrogen) atoms. The summed E-state index contributed by atoms with van der Waals surface area (Å²) >= 11 is 6.25. The van der Waals surface area contributed by atoms with Gasteiger partial charge in [0.15, 0.2) is 6.61 Å². The molecule has 1 heterocycles. The first-order valence-electron chi connectivity index (χ1n) is 10.7. The minimum absolute atomic E-state index is 0.0946. The van der Waals surface area contributed by atoms with E-state index in [0.29, 0.717) is 30.0 Å². The average Bonchev–Trinajstić information content (AvgIpc) is 2.81. The standard InChI is InChI=1S/C26H23ClFNO4/c27-22-8-4-2-6-18(22)9-12-24(30)29-14-13-17-5-1-3-7-20(17)26(29)21-15-19(28)10-11-23(21)33-16-25(31)32/h1-8,10-11,15,26H,9,12-14,16H2,(H,31,32). The van der Waals surface area contributed by atoms with Gasteiger partial charge in [-0.1, -0.05) is 54.1 Å². The molecule has 1 amide bonds. The quantitative estimate of drug-likeness (QED) is 0.528. The Morgan fingerprint density at radius 3 is 2.61 bits per heavy atom. The van der Waals surface area contributed by atoms with Gasteiger partial charge in [0.25, 0.3) is 0 Å². The van der Waals surface area contributed by atoms with Gasteiger partial charge >= 0.3 is 5.97 Å². The van der Waals surface area contributed by atoms with Gasteiger partial charge in [-0.15, -0.1) is 0 Å². The molecule has 170 valence electrons. The maximum absolute atomic E-state index is 14.3. The van der Waals surface area contributed by atoms with Crippen molar-refractivity contribution < 1.29 is 23.8 Å². The molecular formula is C26H23ClFNO4. The first kappa shape index (κ1) is 22.8. The number of ether oxygens (including phenoxy) is 1. The number of hydrogen-bond acceptors (Lipinski definition) is 3. The number of benzene rings is 3. The summed E-state index contributed by atoms with van der Waals surface area (Å²) in [5.41, 5.74) is 3.25. The lowest BCUT2D eigenvalue weighted by Crippen LogP contribution is -2.41. The van der Waals surface area contributed by atoms with Crippen LogP contribution in [0.5, 0.6) is 5.75 Å². The van der Waals surface area contributed by atoms with E-state index in [2.05, 4.69) is 0 Å². The fourth-order valence-corrected chi connectivity index (χ4v) is 4.49. The Morgan fingerprint density at radius 1 is 1.06 bits per heavy atom. The molecule has 0 spiro atoms. The summed E-state index contributed by atoms with van der Waals surface area (Å²) in [5, 5.41) is 9.67. The largest absolute Gasteiger partial charge is 0.482 e. The monoisotopic (exact) mass is 467 g/mol. The van der Waals surface area contributed by atoms with E-state index < -0.39 is 24.4 Å². The van der Waals surface area contributed by atoms with E-state index in [0.717, 1.165) is 16.7 Å². The van der Waals surface area contributed by atoms with Crippen LogP contribution in [0.4, 0.5) is 4.39 Å². The highest BCUT2D eigenvalue weighted by Crippen LogP contribution is 2.40. The number of halogens is 2. The molecule has 0 aromatic heterocycles. The number of carboxylic acid groups (broad SMARTS) is 1. The summed E-state index contributed by atoms with van der Waals surface area (Å²) in [6.07, 6.45) is 1.39. The van der Waals surface area contributed by atoms with Crippen LogP contribution in [0.1, 0.15) is 34.7 Å². The number of carbonyl (C=O) groups excluding carboxylic acids is 1. The lowest BCUT2D eigenvalue weighted by Gasteiger charge is -2.38. The van der Waals surface area contributed by atoms with Gasteiger partial charge in [0.1, 0.15) is 11.6 Å². The molecule has 0 saturated heterocycles. The van der Waals surface area contributed by atoms with Crippen molar-refractivity contribution in [1.82, 2.24) is 4.90 Å². The SMILES string of the molecule is O=C(O)COc1ccc(F)cc1C1c2ccccc2CCN1C(=O)CCc1ccccc1Cl. The lowest BCUT2D eigenvalue weighted by molar-refractivity contribution is -0.139. The topological polar surface area (TPSA) is 66.8 Å². The van der Waals surface area contributed by atoms with Crippen LogP contribution in [0.15, 0.2) is 66.7 Å². The molecule has 1 atom stereocenters. The van der Waals surface area contributed by atoms with E-state index in [9.17, 15) is 14.0 Å². The van der Waals surface area contributed by atoms with Crippen molar-refractivity contribution in [2.24, 2.45) is 0 Å². The van der Waals surface area contributed by atoms with Gasteiger partial charge in [-0.2, -0.15) is 0 Å². The molecule has 7 heteroatoms. The van der Waals surface area contributed by atoms with Crippen LogP contribution in [-0.4, -0.2) is 35.0 Å². The first-order chi connectivity index (χ1) is 15.9. The first-order valence-corrected chi connectivity index (χ1v) is 11.1. The highest BCUT2D eigenvalue weighted by molar-refractivity contribution is 6.31. The molecule has 0 aliphatic carbocycles. The Labute approximate surface area is 196 Å².